The number of carbonyl (C=O) groups excluding carboxylic acids is 12. The smallest absolute Gasteiger partial charge is 0.326 e. The van der Waals surface area contributed by atoms with Crippen molar-refractivity contribution in [3.05, 3.63) is 0 Å². The second kappa shape index (κ2) is 35.4. The standard InChI is InChI=1S/C42H75N17O16/c1-4-19(2)32(41(74)75)59-38(71)25(15-29(47)64)53-30(65)16-51-35(68)22(9-7-13-50-42(48)49)54-39(72)26(18-60)57-37(70)23(10-11-27(45)62)55-40(73)33(20(3)61)58-31(66)17-52-36(69)24(14-28(46)63)56-34(67)21(44)8-5-6-12-43/h19-26,32-33,60-61H,4-18,43-44H2,1-3H3,(H2,45,62)(H2,46,63)(H2,47,64)(H,51,68)(H,52,69)(H,53,65)(H,54,72)(H,55,73)(H,56,67)(H,57,70)(H,58,66)(H,59,71)(H,74,75)(H4,48,49,50)/t19-,20+,21-,22-,23-,24-,25-,26-,32-,33-/m0/s1. The minimum atomic E-state index is -1.90. The Balaban J connectivity index is 6.18. The predicted molar refractivity (Wildman–Crippen MR) is 262 cm³/mol. The third-order valence-corrected chi connectivity index (χ3v) is 10.8. The molecule has 75 heavy (non-hydrogen) atoms. The number of primary amides is 3. The normalized spacial score (nSPS) is 14.8. The molecule has 0 fully saturated rings. The number of carbonyl (C=O) groups is 13. The van der Waals surface area contributed by atoms with Gasteiger partial charge in [-0.05, 0) is 51.5 Å². The summed E-state index contributed by atoms with van der Waals surface area (Å²) in [7, 11) is 0. The second-order valence-electron chi connectivity index (χ2n) is 17.2. The van der Waals surface area contributed by atoms with Crippen LogP contribution in [0.3, 0.4) is 0 Å². The number of aliphatic carboxylic acids is 1. The molecule has 0 aromatic carbocycles. The van der Waals surface area contributed by atoms with Gasteiger partial charge >= 0.3 is 5.97 Å². The van der Waals surface area contributed by atoms with Gasteiger partial charge in [0.1, 0.15) is 42.3 Å². The van der Waals surface area contributed by atoms with Crippen LogP contribution in [-0.2, 0) is 62.3 Å². The van der Waals surface area contributed by atoms with Crippen LogP contribution in [0.2, 0.25) is 0 Å². The molecule has 10 atom stereocenters. The lowest BCUT2D eigenvalue weighted by Gasteiger charge is -2.26. The number of aliphatic hydroxyl groups is 2. The predicted octanol–water partition coefficient (Wildman–Crippen LogP) is -10.4. The van der Waals surface area contributed by atoms with E-state index in [4.69, 9.17) is 40.1 Å². The summed E-state index contributed by atoms with van der Waals surface area (Å²) >= 11 is 0. The molecule has 0 aromatic rings. The second-order valence-corrected chi connectivity index (χ2v) is 17.2. The molecule has 0 radical (unpaired) electrons. The Labute approximate surface area is 430 Å². The zero-order valence-corrected chi connectivity index (χ0v) is 42.0. The van der Waals surface area contributed by atoms with Gasteiger partial charge in [0.15, 0.2) is 5.96 Å². The number of amides is 12. The number of aliphatic hydroxyl groups excluding tert-OH is 2. The highest BCUT2D eigenvalue weighted by atomic mass is 16.4. The summed E-state index contributed by atoms with van der Waals surface area (Å²) < 4.78 is 0. The molecule has 0 aromatic heterocycles. The molecule has 0 aliphatic heterocycles. The maximum absolute atomic E-state index is 13.6. The number of carboxylic acid groups (broad SMARTS) is 1. The number of unbranched alkanes of at least 4 members (excludes halogenated alkanes) is 1. The Morgan fingerprint density at radius 3 is 1.51 bits per heavy atom. The number of carboxylic acids is 1. The molecular formula is C42H75N17O16. The fourth-order valence-electron chi connectivity index (χ4n) is 6.46. The first-order chi connectivity index (χ1) is 35.1. The Morgan fingerprint density at radius 1 is 0.533 bits per heavy atom. The lowest BCUT2D eigenvalue weighted by Crippen LogP contribution is -2.61. The number of hydrogen-bond acceptors (Lipinski definition) is 18. The van der Waals surface area contributed by atoms with Crippen molar-refractivity contribution in [1.29, 1.82) is 0 Å². The van der Waals surface area contributed by atoms with Crippen LogP contribution in [0.4, 0.5) is 0 Å². The number of hydrogen-bond donors (Lipinski definition) is 19. The minimum Gasteiger partial charge on any atom is -0.480 e. The Morgan fingerprint density at radius 2 is 1.01 bits per heavy atom. The van der Waals surface area contributed by atoms with Gasteiger partial charge in [0.2, 0.25) is 70.9 Å². The molecule has 0 saturated heterocycles. The molecule has 26 N–H and O–H groups in total. The first-order valence-corrected chi connectivity index (χ1v) is 23.6. The van der Waals surface area contributed by atoms with Crippen LogP contribution in [0.25, 0.3) is 0 Å². The Kier molecular flexibility index (Phi) is 31.7. The van der Waals surface area contributed by atoms with E-state index >= 15 is 0 Å². The van der Waals surface area contributed by atoms with E-state index < -0.39 is 183 Å². The number of nitrogens with one attached hydrogen (secondary N) is 9. The maximum atomic E-state index is 13.6. The molecule has 33 nitrogen and oxygen atoms in total. The molecular weight excluding hydrogens is 999 g/mol. The number of guanidine groups is 1. The summed E-state index contributed by atoms with van der Waals surface area (Å²) in [6.45, 7) is 1.62. The topological polar surface area (TPSA) is 585 Å². The third kappa shape index (κ3) is 27.7. The lowest BCUT2D eigenvalue weighted by molar-refractivity contribution is -0.144. The van der Waals surface area contributed by atoms with Crippen LogP contribution in [0.15, 0.2) is 4.99 Å². The van der Waals surface area contributed by atoms with Crippen molar-refractivity contribution in [2.75, 3.05) is 32.8 Å². The molecule has 0 saturated carbocycles. The highest BCUT2D eigenvalue weighted by Crippen LogP contribution is 2.09. The SMILES string of the molecule is CC[C@H](C)[C@H](NC(=O)[C@H](CC(N)=O)NC(=O)CNC(=O)[C@H](CCCN=C(N)N)NC(=O)[C@H](CO)NC(=O)[C@H](CCC(N)=O)NC(=O)[C@@H](NC(=O)CNC(=O)[C@H](CC(N)=O)NC(=O)[C@@H](N)CCCCN)[C@@H](C)O)C(=O)O. The van der Waals surface area contributed by atoms with Crippen LogP contribution >= 0.6 is 0 Å². The molecule has 33 heteroatoms. The van der Waals surface area contributed by atoms with Gasteiger partial charge in [-0.1, -0.05) is 26.7 Å². The molecule has 0 heterocycles. The highest BCUT2D eigenvalue weighted by molar-refractivity contribution is 5.99. The van der Waals surface area contributed by atoms with Crippen LogP contribution < -0.4 is 88.0 Å². The van der Waals surface area contributed by atoms with Gasteiger partial charge in [-0.25, -0.2) is 4.79 Å². The Bertz CT molecular complexity index is 2040. The van der Waals surface area contributed by atoms with Crippen molar-refractivity contribution in [1.82, 2.24) is 47.9 Å². The first-order valence-electron chi connectivity index (χ1n) is 23.6. The summed E-state index contributed by atoms with van der Waals surface area (Å²) in [5.74, 6) is -15.1. The number of nitrogens with zero attached hydrogens (tertiary/aromatic N) is 1. The van der Waals surface area contributed by atoms with E-state index in [1.807, 2.05) is 0 Å². The van der Waals surface area contributed by atoms with Crippen LogP contribution in [0.1, 0.15) is 85.0 Å². The molecule has 0 aliphatic rings. The zero-order chi connectivity index (χ0) is 57.5. The first kappa shape index (κ1) is 67.2. The van der Waals surface area contributed by atoms with Crippen molar-refractivity contribution in [3.8, 4) is 0 Å². The highest BCUT2D eigenvalue weighted by Gasteiger charge is 2.35. The quantitative estimate of drug-likeness (QED) is 0.0155. The summed E-state index contributed by atoms with van der Waals surface area (Å²) in [5.41, 5.74) is 37.8. The third-order valence-electron chi connectivity index (χ3n) is 10.8. The van der Waals surface area contributed by atoms with E-state index in [1.54, 1.807) is 13.8 Å². The molecule has 424 valence electrons. The van der Waals surface area contributed by atoms with E-state index in [0.717, 1.165) is 6.92 Å². The average molecular weight is 1070 g/mol. The molecule has 0 rings (SSSR count). The average Bonchev–Trinajstić information content (AvgIpc) is 3.32. The van der Waals surface area contributed by atoms with Gasteiger partial charge in [-0.2, -0.15) is 0 Å². The molecule has 0 unspecified atom stereocenters. The molecule has 12 amide bonds. The van der Waals surface area contributed by atoms with Crippen molar-refractivity contribution in [3.63, 3.8) is 0 Å². The number of nitrogens with two attached hydrogens (primary N) is 7. The van der Waals surface area contributed by atoms with Crippen molar-refractivity contribution >= 4 is 82.8 Å². The van der Waals surface area contributed by atoms with Crippen molar-refractivity contribution in [2.45, 2.75) is 139 Å². The fourth-order valence-corrected chi connectivity index (χ4v) is 6.46. The maximum Gasteiger partial charge on any atom is 0.326 e. The van der Waals surface area contributed by atoms with Gasteiger partial charge in [0, 0.05) is 13.0 Å². The summed E-state index contributed by atoms with van der Waals surface area (Å²) in [6, 6.07) is -12.8. The number of aliphatic imine (C=N–C) groups is 1. The fraction of sp³-hybridized carbons (Fsp3) is 0.667. The van der Waals surface area contributed by atoms with E-state index in [2.05, 4.69) is 52.8 Å². The zero-order valence-electron chi connectivity index (χ0n) is 42.0. The van der Waals surface area contributed by atoms with Gasteiger partial charge in [0.05, 0.1) is 44.7 Å². The van der Waals surface area contributed by atoms with Gasteiger partial charge < -0.3 is 103 Å². The van der Waals surface area contributed by atoms with E-state index in [1.165, 1.54) is 0 Å². The monoisotopic (exact) mass is 1070 g/mol. The van der Waals surface area contributed by atoms with Crippen molar-refractivity contribution in [2.24, 2.45) is 51.0 Å². The van der Waals surface area contributed by atoms with E-state index in [-0.39, 0.29) is 31.8 Å². The van der Waals surface area contributed by atoms with Crippen LogP contribution in [0, 0.1) is 5.92 Å². The van der Waals surface area contributed by atoms with Crippen LogP contribution in [-0.4, -0.2) is 185 Å². The van der Waals surface area contributed by atoms with Gasteiger partial charge in [0.25, 0.3) is 0 Å². The Hall–Kier alpha value is -7.78. The minimum absolute atomic E-state index is 0.00838. The summed E-state index contributed by atoms with van der Waals surface area (Å²) in [6.07, 6.45) is -2.91. The van der Waals surface area contributed by atoms with Crippen molar-refractivity contribution < 1.29 is 77.6 Å². The lowest BCUT2D eigenvalue weighted by atomic mass is 9.98. The molecule has 0 bridgehead atoms. The molecule has 0 aliphatic carbocycles. The van der Waals surface area contributed by atoms with Gasteiger partial charge in [-0.3, -0.25) is 62.5 Å². The largest absolute Gasteiger partial charge is 0.480 e. The summed E-state index contributed by atoms with van der Waals surface area (Å²) in [5, 5.41) is 50.1. The van der Waals surface area contributed by atoms with E-state index in [9.17, 15) is 77.6 Å². The number of rotatable bonds is 38. The molecule has 0 spiro atoms. The van der Waals surface area contributed by atoms with Gasteiger partial charge in [-0.15, -0.1) is 0 Å². The van der Waals surface area contributed by atoms with E-state index in [0.29, 0.717) is 25.8 Å². The summed E-state index contributed by atoms with van der Waals surface area (Å²) in [4.78, 5) is 169. The van der Waals surface area contributed by atoms with Crippen LogP contribution in [0.5, 0.6) is 0 Å².